The van der Waals surface area contributed by atoms with Gasteiger partial charge in [-0.25, -0.2) is 0 Å². The largest absolute Gasteiger partial charge is 0.392 e. The van der Waals surface area contributed by atoms with Crippen LogP contribution in [0.1, 0.15) is 32.1 Å². The third-order valence-electron chi connectivity index (χ3n) is 4.39. The number of carbonyl (C=O) groups is 1. The number of hydrogen-bond acceptors (Lipinski definition) is 3. The second-order valence-corrected chi connectivity index (χ2v) is 6.22. The number of piperidine rings is 1. The molecule has 1 heterocycles. The van der Waals surface area contributed by atoms with Gasteiger partial charge in [-0.1, -0.05) is 18.6 Å². The molecule has 0 aromatic rings. The van der Waals surface area contributed by atoms with E-state index >= 15 is 0 Å². The molecule has 0 aromatic carbocycles. The number of rotatable bonds is 4. The lowest BCUT2D eigenvalue weighted by Gasteiger charge is -2.39. The Bertz CT molecular complexity index is 341. The Hall–Kier alpha value is -0.680. The van der Waals surface area contributed by atoms with Crippen LogP contribution in [0.5, 0.6) is 0 Å². The molecule has 102 valence electrons. The Labute approximate surface area is 114 Å². The van der Waals surface area contributed by atoms with Crippen LogP contribution in [0.2, 0.25) is 0 Å². The van der Waals surface area contributed by atoms with Crippen molar-refractivity contribution in [3.63, 3.8) is 0 Å². The molecular weight excluding hydrogens is 246 g/mol. The first-order valence-corrected chi connectivity index (χ1v) is 7.22. The number of carbonyl (C=O) groups excluding carboxylic acids is 1. The first kappa shape index (κ1) is 13.7. The van der Waals surface area contributed by atoms with E-state index in [0.717, 1.165) is 32.4 Å². The Morgan fingerprint density at radius 1 is 1.50 bits per heavy atom. The lowest BCUT2D eigenvalue weighted by molar-refractivity contribution is -0.131. The zero-order valence-electron chi connectivity index (χ0n) is 11.1. The number of nitrogens with one attached hydrogen (secondary N) is 1. The van der Waals surface area contributed by atoms with Crippen LogP contribution in [0.25, 0.3) is 0 Å². The van der Waals surface area contributed by atoms with Gasteiger partial charge in [-0.2, -0.15) is 0 Å². The summed E-state index contributed by atoms with van der Waals surface area (Å²) in [6.07, 6.45) is 5.11. The minimum Gasteiger partial charge on any atom is -0.392 e. The molecule has 1 saturated carbocycles. The van der Waals surface area contributed by atoms with Crippen LogP contribution in [0.3, 0.4) is 0 Å². The van der Waals surface area contributed by atoms with E-state index in [2.05, 4.69) is 17.3 Å². The summed E-state index contributed by atoms with van der Waals surface area (Å²) in [6, 6.07) is 0. The van der Waals surface area contributed by atoms with E-state index in [1.165, 1.54) is 19.4 Å². The van der Waals surface area contributed by atoms with E-state index in [-0.39, 0.29) is 5.91 Å². The van der Waals surface area contributed by atoms with Gasteiger partial charge in [0.25, 0.3) is 0 Å². The Balaban J connectivity index is 1.82. The quantitative estimate of drug-likeness (QED) is 0.745. The van der Waals surface area contributed by atoms with Gasteiger partial charge in [0.15, 0.2) is 0 Å². The summed E-state index contributed by atoms with van der Waals surface area (Å²) in [7, 11) is 2.14. The molecule has 4 nitrogen and oxygen atoms in total. The fourth-order valence-electron chi connectivity index (χ4n) is 2.96. The maximum atomic E-state index is 12.2. The van der Waals surface area contributed by atoms with Crippen molar-refractivity contribution in [1.82, 2.24) is 10.2 Å². The Morgan fingerprint density at radius 3 is 2.72 bits per heavy atom. The van der Waals surface area contributed by atoms with E-state index in [1.54, 1.807) is 0 Å². The van der Waals surface area contributed by atoms with Gasteiger partial charge in [0.05, 0.1) is 10.4 Å². The highest BCUT2D eigenvalue weighted by molar-refractivity contribution is 7.80. The van der Waals surface area contributed by atoms with E-state index in [4.69, 9.17) is 18.0 Å². The van der Waals surface area contributed by atoms with Crippen molar-refractivity contribution in [2.24, 2.45) is 17.1 Å². The maximum absolute atomic E-state index is 12.2. The van der Waals surface area contributed by atoms with Crippen molar-refractivity contribution in [2.75, 3.05) is 26.7 Å². The van der Waals surface area contributed by atoms with E-state index in [9.17, 15) is 4.79 Å². The van der Waals surface area contributed by atoms with E-state index in [0.29, 0.717) is 10.9 Å². The minimum absolute atomic E-state index is 0.0504. The number of nitrogens with two attached hydrogens (primary N) is 1. The Morgan fingerprint density at radius 2 is 2.22 bits per heavy atom. The normalized spacial score (nSPS) is 27.3. The first-order chi connectivity index (χ1) is 8.54. The average Bonchev–Trinajstić information content (AvgIpc) is 2.24. The molecule has 1 amide bonds. The van der Waals surface area contributed by atoms with Gasteiger partial charge in [0.2, 0.25) is 5.91 Å². The van der Waals surface area contributed by atoms with Crippen LogP contribution in [-0.4, -0.2) is 42.5 Å². The molecule has 18 heavy (non-hydrogen) atoms. The molecule has 0 spiro atoms. The molecule has 1 saturated heterocycles. The molecule has 2 rings (SSSR count). The molecule has 0 aromatic heterocycles. The van der Waals surface area contributed by atoms with Crippen molar-refractivity contribution >= 4 is 23.1 Å². The number of nitrogens with zero attached hydrogens (tertiary/aromatic N) is 1. The molecule has 1 aliphatic carbocycles. The fourth-order valence-corrected chi connectivity index (χ4v) is 3.26. The Kier molecular flexibility index (Phi) is 4.22. The molecule has 5 heteroatoms. The van der Waals surface area contributed by atoms with E-state index in [1.807, 2.05) is 0 Å². The van der Waals surface area contributed by atoms with Crippen LogP contribution < -0.4 is 11.1 Å². The van der Waals surface area contributed by atoms with Crippen molar-refractivity contribution in [3.05, 3.63) is 0 Å². The fraction of sp³-hybridized carbons (Fsp3) is 0.846. The van der Waals surface area contributed by atoms with Crippen molar-refractivity contribution in [1.29, 1.82) is 0 Å². The smallest absolute Gasteiger partial charge is 0.233 e. The number of hydrogen-bond donors (Lipinski definition) is 2. The van der Waals surface area contributed by atoms with Gasteiger partial charge < -0.3 is 16.0 Å². The SMILES string of the molecule is CN1CCCC(CNC(=O)C2(C(N)=S)CCC2)C1. The van der Waals surface area contributed by atoms with Gasteiger partial charge in [-0.3, -0.25) is 4.79 Å². The summed E-state index contributed by atoms with van der Waals surface area (Å²) in [5.74, 6) is 0.616. The van der Waals surface area contributed by atoms with E-state index < -0.39 is 5.41 Å². The summed E-state index contributed by atoms with van der Waals surface area (Å²) in [4.78, 5) is 14.9. The van der Waals surface area contributed by atoms with Crippen molar-refractivity contribution in [2.45, 2.75) is 32.1 Å². The molecule has 0 bridgehead atoms. The highest BCUT2D eigenvalue weighted by Crippen LogP contribution is 2.41. The molecule has 2 fully saturated rings. The number of amides is 1. The van der Waals surface area contributed by atoms with Gasteiger partial charge >= 0.3 is 0 Å². The second kappa shape index (κ2) is 5.53. The first-order valence-electron chi connectivity index (χ1n) is 6.81. The summed E-state index contributed by atoms with van der Waals surface area (Å²) < 4.78 is 0. The van der Waals surface area contributed by atoms with Crippen LogP contribution in [0, 0.1) is 11.3 Å². The molecule has 1 unspecified atom stereocenters. The monoisotopic (exact) mass is 269 g/mol. The molecule has 1 aliphatic heterocycles. The predicted molar refractivity (Wildman–Crippen MR) is 76.3 cm³/mol. The standard InChI is InChI=1S/C13H23N3OS/c1-16-7-2-4-10(9-16)8-15-12(17)13(11(14)18)5-3-6-13/h10H,2-9H2,1H3,(H2,14,18)(H,15,17). The van der Waals surface area contributed by atoms with Crippen molar-refractivity contribution in [3.8, 4) is 0 Å². The van der Waals surface area contributed by atoms with Gasteiger partial charge in [-0.05, 0) is 45.2 Å². The van der Waals surface area contributed by atoms with Crippen LogP contribution in [-0.2, 0) is 4.79 Å². The lowest BCUT2D eigenvalue weighted by atomic mass is 9.68. The van der Waals surface area contributed by atoms with Crippen molar-refractivity contribution < 1.29 is 4.79 Å². The number of likely N-dealkylation sites (tertiary alicyclic amines) is 1. The molecule has 0 radical (unpaired) electrons. The molecule has 3 N–H and O–H groups in total. The molecule has 2 aliphatic rings. The highest BCUT2D eigenvalue weighted by atomic mass is 32.1. The third-order valence-corrected chi connectivity index (χ3v) is 4.78. The topological polar surface area (TPSA) is 58.4 Å². The van der Waals surface area contributed by atoms with Crippen LogP contribution in [0.15, 0.2) is 0 Å². The zero-order chi connectivity index (χ0) is 13.2. The molecule has 1 atom stereocenters. The summed E-state index contributed by atoms with van der Waals surface area (Å²) in [6.45, 7) is 3.00. The van der Waals surface area contributed by atoms with Crippen LogP contribution >= 0.6 is 12.2 Å². The van der Waals surface area contributed by atoms with Gasteiger partial charge in [0.1, 0.15) is 0 Å². The number of thiocarbonyl (C=S) groups is 1. The third kappa shape index (κ3) is 2.67. The van der Waals surface area contributed by atoms with Gasteiger partial charge in [-0.15, -0.1) is 0 Å². The summed E-state index contributed by atoms with van der Waals surface area (Å²) in [5.41, 5.74) is 5.19. The average molecular weight is 269 g/mol. The minimum atomic E-state index is -0.532. The highest BCUT2D eigenvalue weighted by Gasteiger charge is 2.46. The predicted octanol–water partition coefficient (Wildman–Crippen LogP) is 0.901. The molecular formula is C13H23N3OS. The summed E-state index contributed by atoms with van der Waals surface area (Å²) >= 11 is 5.06. The maximum Gasteiger partial charge on any atom is 0.233 e. The lowest BCUT2D eigenvalue weighted by Crippen LogP contribution is -2.54. The summed E-state index contributed by atoms with van der Waals surface area (Å²) in [5, 5.41) is 3.06. The van der Waals surface area contributed by atoms with Crippen LogP contribution in [0.4, 0.5) is 0 Å². The van der Waals surface area contributed by atoms with Gasteiger partial charge in [0, 0.05) is 13.1 Å². The second-order valence-electron chi connectivity index (χ2n) is 5.78. The zero-order valence-corrected chi connectivity index (χ0v) is 11.9.